The summed E-state index contributed by atoms with van der Waals surface area (Å²) in [5.41, 5.74) is 0. The van der Waals surface area contributed by atoms with Crippen molar-refractivity contribution in [3.63, 3.8) is 0 Å². The number of aromatic nitrogens is 1. The van der Waals surface area contributed by atoms with Crippen molar-refractivity contribution in [1.29, 1.82) is 0 Å². The fraction of sp³-hybridized carbons (Fsp3) is 0.333. The lowest BCUT2D eigenvalue weighted by Crippen LogP contribution is -2.10. The number of hydrogen-bond acceptors (Lipinski definition) is 3. The topological polar surface area (TPSA) is 62.2 Å². The van der Waals surface area contributed by atoms with Gasteiger partial charge in [-0.1, -0.05) is 6.07 Å². The number of carbonyl (C=O) groups is 1. The number of rotatable bonds is 3. The lowest BCUT2D eigenvalue weighted by molar-refractivity contribution is -0.138. The van der Waals surface area contributed by atoms with Crippen LogP contribution in [0, 0.1) is 5.92 Å². The summed E-state index contributed by atoms with van der Waals surface area (Å²) in [7, 11) is 0. The van der Waals surface area contributed by atoms with Crippen molar-refractivity contribution in [3.8, 4) is 0 Å². The van der Waals surface area contributed by atoms with Crippen LogP contribution in [0.5, 0.6) is 0 Å². The molecule has 0 aliphatic heterocycles. The molecule has 2 atom stereocenters. The third-order valence-electron chi connectivity index (χ3n) is 2.11. The van der Waals surface area contributed by atoms with Gasteiger partial charge < -0.3 is 10.4 Å². The average Bonchev–Trinajstić information content (AvgIpc) is 2.86. The first kappa shape index (κ1) is 8.04. The number of hydrogen-bond donors (Lipinski definition) is 2. The first-order chi connectivity index (χ1) is 6.27. The van der Waals surface area contributed by atoms with E-state index in [1.807, 2.05) is 18.2 Å². The van der Waals surface area contributed by atoms with Crippen LogP contribution in [-0.2, 0) is 4.79 Å². The fourth-order valence-corrected chi connectivity index (χ4v) is 1.27. The molecule has 0 radical (unpaired) electrons. The zero-order chi connectivity index (χ0) is 9.26. The van der Waals surface area contributed by atoms with Gasteiger partial charge in [-0.3, -0.25) is 4.79 Å². The number of pyridine rings is 1. The number of nitrogens with zero attached hydrogens (tertiary/aromatic N) is 1. The largest absolute Gasteiger partial charge is 0.481 e. The van der Waals surface area contributed by atoms with Gasteiger partial charge in [0.1, 0.15) is 5.82 Å². The second-order valence-electron chi connectivity index (χ2n) is 3.15. The van der Waals surface area contributed by atoms with Crippen molar-refractivity contribution in [2.75, 3.05) is 5.32 Å². The lowest BCUT2D eigenvalue weighted by Gasteiger charge is -2.01. The molecule has 1 saturated carbocycles. The molecule has 0 bridgehead atoms. The van der Waals surface area contributed by atoms with Gasteiger partial charge in [0.05, 0.1) is 5.92 Å². The van der Waals surface area contributed by atoms with Gasteiger partial charge in [-0.15, -0.1) is 0 Å². The van der Waals surface area contributed by atoms with E-state index in [-0.39, 0.29) is 12.0 Å². The van der Waals surface area contributed by atoms with E-state index in [1.165, 1.54) is 0 Å². The minimum atomic E-state index is -0.728. The van der Waals surface area contributed by atoms with Gasteiger partial charge in [0.15, 0.2) is 0 Å². The Morgan fingerprint density at radius 1 is 1.62 bits per heavy atom. The zero-order valence-corrected chi connectivity index (χ0v) is 6.97. The molecule has 0 spiro atoms. The molecule has 4 heteroatoms. The minimum absolute atomic E-state index is 0.0624. The summed E-state index contributed by atoms with van der Waals surface area (Å²) in [5.74, 6) is -0.216. The average molecular weight is 178 g/mol. The van der Waals surface area contributed by atoms with Crippen LogP contribution in [0.15, 0.2) is 24.4 Å². The van der Waals surface area contributed by atoms with Crippen molar-refractivity contribution in [2.24, 2.45) is 5.92 Å². The Morgan fingerprint density at radius 2 is 2.46 bits per heavy atom. The molecule has 4 nitrogen and oxygen atoms in total. The molecule has 1 aromatic heterocycles. The predicted molar refractivity (Wildman–Crippen MR) is 47.4 cm³/mol. The maximum absolute atomic E-state index is 10.5. The van der Waals surface area contributed by atoms with Gasteiger partial charge in [0.25, 0.3) is 0 Å². The molecule has 2 N–H and O–H groups in total. The maximum atomic E-state index is 10.5. The highest BCUT2D eigenvalue weighted by Crippen LogP contribution is 2.32. The molecule has 1 heterocycles. The molecule has 2 unspecified atom stereocenters. The van der Waals surface area contributed by atoms with E-state index < -0.39 is 5.97 Å². The number of aliphatic carboxylic acids is 1. The first-order valence-electron chi connectivity index (χ1n) is 4.18. The summed E-state index contributed by atoms with van der Waals surface area (Å²) in [6.45, 7) is 0. The molecule has 1 fully saturated rings. The van der Waals surface area contributed by atoms with Gasteiger partial charge >= 0.3 is 5.97 Å². The van der Waals surface area contributed by atoms with Crippen LogP contribution in [-0.4, -0.2) is 22.1 Å². The zero-order valence-electron chi connectivity index (χ0n) is 6.97. The highest BCUT2D eigenvalue weighted by atomic mass is 16.4. The van der Waals surface area contributed by atoms with E-state index in [0.717, 1.165) is 5.82 Å². The summed E-state index contributed by atoms with van der Waals surface area (Å²) in [6, 6.07) is 5.59. The van der Waals surface area contributed by atoms with E-state index in [9.17, 15) is 4.79 Å². The Bertz CT molecular complexity index is 313. The third kappa shape index (κ3) is 1.77. The Hall–Kier alpha value is -1.58. The van der Waals surface area contributed by atoms with Crippen LogP contribution in [0.4, 0.5) is 5.82 Å². The van der Waals surface area contributed by atoms with E-state index >= 15 is 0 Å². The molecule has 1 aliphatic carbocycles. The summed E-state index contributed by atoms with van der Waals surface area (Å²) < 4.78 is 0. The Kier molecular flexibility index (Phi) is 1.88. The number of anilines is 1. The summed E-state index contributed by atoms with van der Waals surface area (Å²) in [5, 5.41) is 11.7. The second kappa shape index (κ2) is 3.05. The van der Waals surface area contributed by atoms with Crippen LogP contribution in [0.1, 0.15) is 6.42 Å². The smallest absolute Gasteiger partial charge is 0.308 e. The monoisotopic (exact) mass is 178 g/mol. The molecule has 1 aromatic rings. The van der Waals surface area contributed by atoms with Crippen LogP contribution in [0.25, 0.3) is 0 Å². The normalized spacial score (nSPS) is 25.2. The van der Waals surface area contributed by atoms with E-state index in [1.54, 1.807) is 6.20 Å². The van der Waals surface area contributed by atoms with Crippen molar-refractivity contribution in [3.05, 3.63) is 24.4 Å². The predicted octanol–water partition coefficient (Wildman–Crippen LogP) is 0.967. The highest BCUT2D eigenvalue weighted by Gasteiger charge is 2.43. The molecule has 13 heavy (non-hydrogen) atoms. The van der Waals surface area contributed by atoms with Crippen molar-refractivity contribution in [2.45, 2.75) is 12.5 Å². The van der Waals surface area contributed by atoms with Crippen LogP contribution < -0.4 is 5.32 Å². The molecule has 0 aromatic carbocycles. The maximum Gasteiger partial charge on any atom is 0.308 e. The van der Waals surface area contributed by atoms with Crippen molar-refractivity contribution < 1.29 is 9.90 Å². The molecule has 0 saturated heterocycles. The number of carboxylic acid groups (broad SMARTS) is 1. The SMILES string of the molecule is O=C(O)C1CC1Nc1ccccn1. The van der Waals surface area contributed by atoms with Crippen molar-refractivity contribution in [1.82, 2.24) is 4.98 Å². The molecule has 68 valence electrons. The van der Waals surface area contributed by atoms with E-state index in [2.05, 4.69) is 10.3 Å². The van der Waals surface area contributed by atoms with Gasteiger partial charge in [0.2, 0.25) is 0 Å². The highest BCUT2D eigenvalue weighted by molar-refractivity contribution is 5.75. The first-order valence-corrected chi connectivity index (χ1v) is 4.18. The number of nitrogens with one attached hydrogen (secondary N) is 1. The van der Waals surface area contributed by atoms with Gasteiger partial charge in [-0.2, -0.15) is 0 Å². The van der Waals surface area contributed by atoms with E-state index in [0.29, 0.717) is 6.42 Å². The molecule has 2 rings (SSSR count). The Labute approximate surface area is 75.6 Å². The van der Waals surface area contributed by atoms with Gasteiger partial charge in [0, 0.05) is 12.2 Å². The van der Waals surface area contributed by atoms with E-state index in [4.69, 9.17) is 5.11 Å². The second-order valence-corrected chi connectivity index (χ2v) is 3.15. The van der Waals surface area contributed by atoms with Crippen molar-refractivity contribution >= 4 is 11.8 Å². The quantitative estimate of drug-likeness (QED) is 0.723. The van der Waals surface area contributed by atoms with Crippen LogP contribution in [0.2, 0.25) is 0 Å². The third-order valence-corrected chi connectivity index (χ3v) is 2.11. The fourth-order valence-electron chi connectivity index (χ4n) is 1.27. The number of carboxylic acids is 1. The minimum Gasteiger partial charge on any atom is -0.481 e. The summed E-state index contributed by atoms with van der Waals surface area (Å²) in [6.07, 6.45) is 2.38. The van der Waals surface area contributed by atoms with Gasteiger partial charge in [-0.25, -0.2) is 4.98 Å². The standard InChI is InChI=1S/C9H10N2O2/c12-9(13)6-5-7(6)11-8-3-1-2-4-10-8/h1-4,6-7H,5H2,(H,10,11)(H,12,13). The Morgan fingerprint density at radius 3 is 3.00 bits per heavy atom. The molecule has 1 aliphatic rings. The molecular formula is C9H10N2O2. The summed E-state index contributed by atoms with van der Waals surface area (Å²) >= 11 is 0. The van der Waals surface area contributed by atoms with Gasteiger partial charge in [-0.05, 0) is 18.6 Å². The Balaban J connectivity index is 1.92. The summed E-state index contributed by atoms with van der Waals surface area (Å²) in [4.78, 5) is 14.6. The lowest BCUT2D eigenvalue weighted by atomic mass is 10.4. The molecular weight excluding hydrogens is 168 g/mol. The van der Waals surface area contributed by atoms with Crippen LogP contribution >= 0.6 is 0 Å². The van der Waals surface area contributed by atoms with Crippen LogP contribution in [0.3, 0.4) is 0 Å². The molecule has 0 amide bonds.